The van der Waals surface area contributed by atoms with Crippen LogP contribution in [-0.2, 0) is 6.42 Å². The quantitative estimate of drug-likeness (QED) is 0.174. The Balaban J connectivity index is 1.11. The van der Waals surface area contributed by atoms with Crippen LogP contribution in [0.1, 0.15) is 44.2 Å². The molecule has 0 radical (unpaired) electrons. The van der Waals surface area contributed by atoms with Crippen LogP contribution in [-0.4, -0.2) is 58.3 Å². The van der Waals surface area contributed by atoms with Gasteiger partial charge in [-0.1, -0.05) is 62.9 Å². The monoisotopic (exact) mass is 666 g/mol. The van der Waals surface area contributed by atoms with E-state index >= 15 is 0 Å². The second-order valence-corrected chi connectivity index (χ2v) is 12.6. The Kier molecular flexibility index (Phi) is 10.7. The van der Waals surface area contributed by atoms with Crippen molar-refractivity contribution in [1.82, 2.24) is 20.1 Å². The molecule has 0 saturated carbocycles. The maximum atomic E-state index is 12.8. The number of alkyl halides is 3. The van der Waals surface area contributed by atoms with E-state index in [1.807, 2.05) is 36.4 Å². The lowest BCUT2D eigenvalue weighted by Crippen LogP contribution is -2.29. The SMILES string of the molecule is COc1ccc(C(C)C)c(N2CCSC2=NC(=O)NCCC(C)Cc2ccc(-c3ncn(-c4ccc(OC(F)(F)F)cc4)n3)cc2)c1. The van der Waals surface area contributed by atoms with Crippen molar-refractivity contribution in [1.29, 1.82) is 0 Å². The number of hydrogen-bond donors (Lipinski definition) is 1. The van der Waals surface area contributed by atoms with Gasteiger partial charge in [-0.25, -0.2) is 14.5 Å². The number of urea groups is 1. The molecule has 1 N–H and O–H groups in total. The molecule has 0 aliphatic carbocycles. The molecule has 47 heavy (non-hydrogen) atoms. The summed E-state index contributed by atoms with van der Waals surface area (Å²) in [6.45, 7) is 7.73. The number of amidine groups is 1. The predicted molar refractivity (Wildman–Crippen MR) is 179 cm³/mol. The normalized spacial score (nSPS) is 14.9. The maximum absolute atomic E-state index is 12.8. The average Bonchev–Trinajstić information content (AvgIpc) is 3.71. The Hall–Kier alpha value is -4.52. The lowest BCUT2D eigenvalue weighted by Gasteiger charge is -2.23. The highest BCUT2D eigenvalue weighted by Crippen LogP contribution is 2.35. The molecule has 13 heteroatoms. The molecule has 2 amide bonds. The molecule has 9 nitrogen and oxygen atoms in total. The summed E-state index contributed by atoms with van der Waals surface area (Å²) in [5.74, 6) is 2.45. The molecular weight excluding hydrogens is 629 g/mol. The van der Waals surface area contributed by atoms with Crippen LogP contribution in [0, 0.1) is 5.92 Å². The van der Waals surface area contributed by atoms with Gasteiger partial charge in [-0.3, -0.25) is 0 Å². The minimum absolute atomic E-state index is 0.303. The van der Waals surface area contributed by atoms with Gasteiger partial charge in [-0.05, 0) is 66.1 Å². The molecule has 1 saturated heterocycles. The fraction of sp³-hybridized carbons (Fsp3) is 0.353. The van der Waals surface area contributed by atoms with E-state index in [-0.39, 0.29) is 11.8 Å². The average molecular weight is 667 g/mol. The van der Waals surface area contributed by atoms with Crippen LogP contribution < -0.4 is 19.7 Å². The Morgan fingerprint density at radius 1 is 1.04 bits per heavy atom. The highest BCUT2D eigenvalue weighted by Gasteiger charge is 2.31. The standard InChI is InChI=1S/C34H37F3N6O3S/c1-22(2)29-14-13-28(45-4)20-30(29)42-17-18-47-33(42)40-32(44)38-16-15-23(3)19-24-5-7-25(8-6-24)31-39-21-43(41-31)26-9-11-27(12-10-26)46-34(35,36)37/h5-14,20-23H,15-19H2,1-4H3,(H,38,44). The molecule has 4 aromatic rings. The number of carbonyl (C=O) groups excluding carboxylic acids is 1. The first-order chi connectivity index (χ1) is 22.5. The summed E-state index contributed by atoms with van der Waals surface area (Å²) >= 11 is 1.58. The first-order valence-electron chi connectivity index (χ1n) is 15.3. The number of amides is 2. The van der Waals surface area contributed by atoms with Gasteiger partial charge in [-0.15, -0.1) is 18.3 Å². The molecule has 0 spiro atoms. The van der Waals surface area contributed by atoms with Crippen molar-refractivity contribution >= 4 is 28.6 Å². The zero-order valence-electron chi connectivity index (χ0n) is 26.6. The zero-order valence-corrected chi connectivity index (χ0v) is 27.4. The van der Waals surface area contributed by atoms with Crippen LogP contribution in [0.15, 0.2) is 78.0 Å². The van der Waals surface area contributed by atoms with Crippen molar-refractivity contribution < 1.29 is 27.4 Å². The highest BCUT2D eigenvalue weighted by atomic mass is 32.2. The molecule has 2 heterocycles. The number of carbonyl (C=O) groups is 1. The Morgan fingerprint density at radius 2 is 1.77 bits per heavy atom. The van der Waals surface area contributed by atoms with Gasteiger partial charge in [0.2, 0.25) is 0 Å². The van der Waals surface area contributed by atoms with Crippen LogP contribution in [0.5, 0.6) is 11.5 Å². The largest absolute Gasteiger partial charge is 0.573 e. The summed E-state index contributed by atoms with van der Waals surface area (Å²) in [6, 6.07) is 19.0. The maximum Gasteiger partial charge on any atom is 0.573 e. The Bertz CT molecular complexity index is 1690. The van der Waals surface area contributed by atoms with Gasteiger partial charge in [0, 0.05) is 36.2 Å². The number of nitrogens with one attached hydrogen (secondary N) is 1. The topological polar surface area (TPSA) is 93.9 Å². The third-order valence-electron chi connectivity index (χ3n) is 7.66. The molecule has 1 aliphatic rings. The second kappa shape index (κ2) is 14.9. The molecule has 5 rings (SSSR count). The Morgan fingerprint density at radius 3 is 2.45 bits per heavy atom. The van der Waals surface area contributed by atoms with Gasteiger partial charge < -0.3 is 19.7 Å². The summed E-state index contributed by atoms with van der Waals surface area (Å²) in [5.41, 5.74) is 4.72. The van der Waals surface area contributed by atoms with Gasteiger partial charge in [0.25, 0.3) is 0 Å². The van der Waals surface area contributed by atoms with Gasteiger partial charge in [-0.2, -0.15) is 4.99 Å². The van der Waals surface area contributed by atoms with Crippen molar-refractivity contribution in [2.75, 3.05) is 30.9 Å². The van der Waals surface area contributed by atoms with Crippen molar-refractivity contribution in [2.24, 2.45) is 10.9 Å². The van der Waals surface area contributed by atoms with E-state index in [1.54, 1.807) is 18.9 Å². The van der Waals surface area contributed by atoms with Crippen LogP contribution in [0.25, 0.3) is 17.1 Å². The molecule has 248 valence electrons. The lowest BCUT2D eigenvalue weighted by molar-refractivity contribution is -0.274. The highest BCUT2D eigenvalue weighted by molar-refractivity contribution is 8.14. The molecule has 1 atom stereocenters. The van der Waals surface area contributed by atoms with Crippen LogP contribution >= 0.6 is 11.8 Å². The second-order valence-electron chi connectivity index (χ2n) is 11.6. The zero-order chi connectivity index (χ0) is 33.6. The molecule has 3 aromatic carbocycles. The third kappa shape index (κ3) is 9.06. The fourth-order valence-corrected chi connectivity index (χ4v) is 6.21. The molecule has 1 unspecified atom stereocenters. The van der Waals surface area contributed by atoms with E-state index in [0.717, 1.165) is 47.7 Å². The number of methoxy groups -OCH3 is 1. The van der Waals surface area contributed by atoms with Crippen LogP contribution in [0.4, 0.5) is 23.7 Å². The first-order valence-corrected chi connectivity index (χ1v) is 16.3. The molecule has 1 aromatic heterocycles. The third-order valence-corrected chi connectivity index (χ3v) is 8.62. The smallest absolute Gasteiger partial charge is 0.497 e. The summed E-state index contributed by atoms with van der Waals surface area (Å²) in [4.78, 5) is 23.6. The molecule has 0 bridgehead atoms. The van der Waals surface area contributed by atoms with E-state index in [1.165, 1.54) is 40.8 Å². The number of halogens is 3. The van der Waals surface area contributed by atoms with Gasteiger partial charge in [0.1, 0.15) is 17.8 Å². The number of thioether (sulfide) groups is 1. The minimum Gasteiger partial charge on any atom is -0.497 e. The van der Waals surface area contributed by atoms with Crippen LogP contribution in [0.3, 0.4) is 0 Å². The first kappa shape index (κ1) is 33.8. The number of aliphatic imine (C=N–C) groups is 1. The molecule has 1 aliphatic heterocycles. The van der Waals surface area contributed by atoms with Crippen molar-refractivity contribution in [3.8, 4) is 28.6 Å². The number of ether oxygens (including phenoxy) is 2. The summed E-state index contributed by atoms with van der Waals surface area (Å²) in [5, 5.41) is 8.11. The van der Waals surface area contributed by atoms with E-state index in [4.69, 9.17) is 4.74 Å². The summed E-state index contributed by atoms with van der Waals surface area (Å²) in [7, 11) is 1.65. The Labute approximate surface area is 276 Å². The molecule has 1 fully saturated rings. The van der Waals surface area contributed by atoms with Gasteiger partial charge in [0.15, 0.2) is 11.0 Å². The minimum atomic E-state index is -4.74. The fourth-order valence-electron chi connectivity index (χ4n) is 5.26. The number of benzene rings is 3. The van der Waals surface area contributed by atoms with E-state index in [9.17, 15) is 18.0 Å². The number of rotatable bonds is 11. The van der Waals surface area contributed by atoms with Crippen molar-refractivity contribution in [2.45, 2.75) is 45.9 Å². The summed E-state index contributed by atoms with van der Waals surface area (Å²) < 4.78 is 48.1. The molecular formula is C34H37F3N6O3S. The number of aromatic nitrogens is 3. The van der Waals surface area contributed by atoms with Crippen molar-refractivity contribution in [3.63, 3.8) is 0 Å². The number of nitrogens with zero attached hydrogens (tertiary/aromatic N) is 5. The van der Waals surface area contributed by atoms with E-state index in [0.29, 0.717) is 35.1 Å². The van der Waals surface area contributed by atoms with Crippen molar-refractivity contribution in [3.05, 3.63) is 84.2 Å². The van der Waals surface area contributed by atoms with E-state index in [2.05, 4.69) is 56.9 Å². The number of anilines is 1. The number of hydrogen-bond acceptors (Lipinski definition) is 6. The van der Waals surface area contributed by atoms with Gasteiger partial charge >= 0.3 is 12.4 Å². The lowest BCUT2D eigenvalue weighted by atomic mass is 9.97. The predicted octanol–water partition coefficient (Wildman–Crippen LogP) is 7.85. The summed E-state index contributed by atoms with van der Waals surface area (Å²) in [6.07, 6.45) is -1.61. The van der Waals surface area contributed by atoms with Gasteiger partial charge in [0.05, 0.1) is 12.8 Å². The van der Waals surface area contributed by atoms with E-state index < -0.39 is 6.36 Å². The van der Waals surface area contributed by atoms with Crippen LogP contribution in [0.2, 0.25) is 0 Å².